The van der Waals surface area contributed by atoms with E-state index in [0.717, 1.165) is 0 Å². The largest absolute Gasteiger partial charge is 0.495 e. The minimum absolute atomic E-state index is 0.0753. The number of rotatable bonds is 4. The van der Waals surface area contributed by atoms with Crippen molar-refractivity contribution in [3.63, 3.8) is 0 Å². The molecule has 1 atom stereocenters. The van der Waals surface area contributed by atoms with E-state index in [4.69, 9.17) is 16.3 Å². The van der Waals surface area contributed by atoms with Crippen molar-refractivity contribution in [1.29, 1.82) is 0 Å². The van der Waals surface area contributed by atoms with E-state index in [2.05, 4.69) is 4.98 Å². The zero-order valence-corrected chi connectivity index (χ0v) is 11.1. The number of pyridine rings is 1. The molecule has 0 bridgehead atoms. The van der Waals surface area contributed by atoms with E-state index >= 15 is 0 Å². The molecule has 3 nitrogen and oxygen atoms in total. The average molecular weight is 282 g/mol. The Kier molecular flexibility index (Phi) is 4.35. The second-order valence-electron chi connectivity index (χ2n) is 4.04. The van der Waals surface area contributed by atoms with Crippen LogP contribution < -0.4 is 4.74 Å². The van der Waals surface area contributed by atoms with Gasteiger partial charge in [0.15, 0.2) is 0 Å². The fraction of sp³-hybridized carbons (Fsp3) is 0.214. The van der Waals surface area contributed by atoms with Crippen molar-refractivity contribution in [2.24, 2.45) is 0 Å². The van der Waals surface area contributed by atoms with Crippen LogP contribution in [0.4, 0.5) is 4.39 Å². The van der Waals surface area contributed by atoms with E-state index in [0.29, 0.717) is 16.3 Å². The lowest BCUT2D eigenvalue weighted by Gasteiger charge is -2.15. The molecule has 0 amide bonds. The van der Waals surface area contributed by atoms with E-state index in [1.54, 1.807) is 18.3 Å². The Bertz CT molecular complexity index is 557. The number of hydrogen-bond acceptors (Lipinski definition) is 3. The molecule has 5 heteroatoms. The molecule has 0 aliphatic carbocycles. The van der Waals surface area contributed by atoms with Crippen LogP contribution in [-0.4, -0.2) is 17.2 Å². The van der Waals surface area contributed by atoms with E-state index in [9.17, 15) is 9.50 Å². The summed E-state index contributed by atoms with van der Waals surface area (Å²) in [6.45, 7) is 0. The van der Waals surface area contributed by atoms with Crippen molar-refractivity contribution in [1.82, 2.24) is 4.98 Å². The molecular formula is C14H13ClFNO2. The molecule has 2 rings (SSSR count). The van der Waals surface area contributed by atoms with E-state index < -0.39 is 11.9 Å². The maximum atomic E-state index is 13.7. The molecule has 0 spiro atoms. The van der Waals surface area contributed by atoms with Crippen molar-refractivity contribution >= 4 is 11.6 Å². The zero-order valence-electron chi connectivity index (χ0n) is 10.3. The number of hydrogen-bond donors (Lipinski definition) is 1. The van der Waals surface area contributed by atoms with Crippen LogP contribution >= 0.6 is 11.6 Å². The standard InChI is InChI=1S/C14H13ClFNO2/c1-19-14-8-17-6-5-9(14)13(18)7-10-11(15)3-2-4-12(10)16/h2-6,8,13,18H,7H2,1H3. The second kappa shape index (κ2) is 5.99. The second-order valence-corrected chi connectivity index (χ2v) is 4.44. The summed E-state index contributed by atoms with van der Waals surface area (Å²) >= 11 is 5.94. The highest BCUT2D eigenvalue weighted by Gasteiger charge is 2.17. The Morgan fingerprint density at radius 1 is 1.42 bits per heavy atom. The highest BCUT2D eigenvalue weighted by Crippen LogP contribution is 2.29. The monoisotopic (exact) mass is 281 g/mol. The summed E-state index contributed by atoms with van der Waals surface area (Å²) < 4.78 is 18.8. The van der Waals surface area contributed by atoms with Gasteiger partial charge in [0.2, 0.25) is 0 Å². The van der Waals surface area contributed by atoms with Gasteiger partial charge in [0.05, 0.1) is 19.4 Å². The van der Waals surface area contributed by atoms with Gasteiger partial charge in [-0.2, -0.15) is 0 Å². The van der Waals surface area contributed by atoms with Crippen molar-refractivity contribution in [3.8, 4) is 5.75 Å². The summed E-state index contributed by atoms with van der Waals surface area (Å²) in [7, 11) is 1.49. The molecule has 1 aromatic heterocycles. The van der Waals surface area contributed by atoms with Gasteiger partial charge in [-0.15, -0.1) is 0 Å². The van der Waals surface area contributed by atoms with E-state index in [1.807, 2.05) is 0 Å². The summed E-state index contributed by atoms with van der Waals surface area (Å²) in [5.41, 5.74) is 0.840. The number of aromatic nitrogens is 1. The number of aliphatic hydroxyl groups excluding tert-OH is 1. The zero-order chi connectivity index (χ0) is 13.8. The van der Waals surface area contributed by atoms with Gasteiger partial charge in [-0.3, -0.25) is 4.98 Å². The molecule has 0 fully saturated rings. The van der Waals surface area contributed by atoms with Gasteiger partial charge in [-0.25, -0.2) is 4.39 Å². The average Bonchev–Trinajstić information content (AvgIpc) is 2.42. The Morgan fingerprint density at radius 3 is 2.89 bits per heavy atom. The molecule has 1 unspecified atom stereocenters. The van der Waals surface area contributed by atoms with Crippen LogP contribution in [0, 0.1) is 5.82 Å². The molecule has 0 saturated carbocycles. The summed E-state index contributed by atoms with van der Waals surface area (Å²) in [5.74, 6) is 0.0297. The predicted octanol–water partition coefficient (Wildman–Crippen LogP) is 3.16. The highest BCUT2D eigenvalue weighted by molar-refractivity contribution is 6.31. The number of methoxy groups -OCH3 is 1. The first-order valence-electron chi connectivity index (χ1n) is 5.72. The highest BCUT2D eigenvalue weighted by atomic mass is 35.5. The summed E-state index contributed by atoms with van der Waals surface area (Å²) in [6.07, 6.45) is 2.21. The topological polar surface area (TPSA) is 42.4 Å². The van der Waals surface area contributed by atoms with Gasteiger partial charge in [0.25, 0.3) is 0 Å². The number of ether oxygens (including phenoxy) is 1. The maximum absolute atomic E-state index is 13.7. The molecule has 2 aromatic rings. The first kappa shape index (κ1) is 13.8. The molecule has 0 saturated heterocycles. The van der Waals surface area contributed by atoms with Crippen LogP contribution in [0.5, 0.6) is 5.75 Å². The van der Waals surface area contributed by atoms with Crippen molar-refractivity contribution in [3.05, 3.63) is 58.6 Å². The Morgan fingerprint density at radius 2 is 2.21 bits per heavy atom. The first-order chi connectivity index (χ1) is 9.13. The molecule has 100 valence electrons. The summed E-state index contributed by atoms with van der Waals surface area (Å²) in [5, 5.41) is 10.5. The third-order valence-electron chi connectivity index (χ3n) is 2.85. The third kappa shape index (κ3) is 3.03. The SMILES string of the molecule is COc1cnccc1C(O)Cc1c(F)cccc1Cl. The van der Waals surface area contributed by atoms with Gasteiger partial charge in [0, 0.05) is 28.8 Å². The van der Waals surface area contributed by atoms with Crippen molar-refractivity contribution in [2.45, 2.75) is 12.5 Å². The van der Waals surface area contributed by atoms with Crippen LogP contribution in [0.3, 0.4) is 0 Å². The lowest BCUT2D eigenvalue weighted by atomic mass is 10.0. The van der Waals surface area contributed by atoms with Crippen molar-refractivity contribution < 1.29 is 14.2 Å². The number of benzene rings is 1. The summed E-state index contributed by atoms with van der Waals surface area (Å²) in [6, 6.07) is 6.08. The van der Waals surface area contributed by atoms with Crippen LogP contribution in [0.1, 0.15) is 17.2 Å². The minimum atomic E-state index is -0.910. The molecule has 0 aliphatic heterocycles. The molecular weight excluding hydrogens is 269 g/mol. The van der Waals surface area contributed by atoms with Crippen LogP contribution in [0.15, 0.2) is 36.7 Å². The Hall–Kier alpha value is -1.65. The minimum Gasteiger partial charge on any atom is -0.495 e. The van der Waals surface area contributed by atoms with Gasteiger partial charge >= 0.3 is 0 Å². The van der Waals surface area contributed by atoms with Gasteiger partial charge in [-0.05, 0) is 18.2 Å². The third-order valence-corrected chi connectivity index (χ3v) is 3.21. The fourth-order valence-electron chi connectivity index (χ4n) is 1.87. The normalized spacial score (nSPS) is 12.2. The quantitative estimate of drug-likeness (QED) is 0.936. The molecule has 0 aliphatic rings. The van der Waals surface area contributed by atoms with Crippen LogP contribution in [-0.2, 0) is 6.42 Å². The molecule has 1 heterocycles. The number of aliphatic hydroxyl groups is 1. The van der Waals surface area contributed by atoms with Crippen molar-refractivity contribution in [2.75, 3.05) is 7.11 Å². The number of halogens is 2. The smallest absolute Gasteiger partial charge is 0.142 e. The lowest BCUT2D eigenvalue weighted by Crippen LogP contribution is -2.06. The van der Waals surface area contributed by atoms with Crippen LogP contribution in [0.25, 0.3) is 0 Å². The molecule has 0 radical (unpaired) electrons. The van der Waals surface area contributed by atoms with Gasteiger partial charge in [0.1, 0.15) is 11.6 Å². The van der Waals surface area contributed by atoms with Crippen LogP contribution in [0.2, 0.25) is 5.02 Å². The molecule has 19 heavy (non-hydrogen) atoms. The number of nitrogens with zero attached hydrogens (tertiary/aromatic N) is 1. The summed E-state index contributed by atoms with van der Waals surface area (Å²) in [4.78, 5) is 3.90. The molecule has 1 N–H and O–H groups in total. The van der Waals surface area contributed by atoms with E-state index in [1.165, 1.54) is 25.4 Å². The predicted molar refractivity (Wildman–Crippen MR) is 70.9 cm³/mol. The van der Waals surface area contributed by atoms with E-state index in [-0.39, 0.29) is 12.0 Å². The Labute approximate surface area is 115 Å². The molecule has 1 aromatic carbocycles. The Balaban J connectivity index is 2.28. The first-order valence-corrected chi connectivity index (χ1v) is 6.10. The fourth-order valence-corrected chi connectivity index (χ4v) is 2.11. The lowest BCUT2D eigenvalue weighted by molar-refractivity contribution is 0.172. The van der Waals surface area contributed by atoms with Gasteiger partial charge < -0.3 is 9.84 Å². The van der Waals surface area contributed by atoms with Gasteiger partial charge in [-0.1, -0.05) is 17.7 Å². The maximum Gasteiger partial charge on any atom is 0.142 e.